The van der Waals surface area contributed by atoms with Crippen molar-refractivity contribution in [3.8, 4) is 12.1 Å². The molecule has 2 heteroatoms. The van der Waals surface area contributed by atoms with E-state index in [0.717, 1.165) is 30.4 Å². The van der Waals surface area contributed by atoms with E-state index in [4.69, 9.17) is 0 Å². The highest BCUT2D eigenvalue weighted by Gasteiger charge is 2.72. The number of nitrogens with zero attached hydrogens (tertiary/aromatic N) is 2. The Morgan fingerprint density at radius 2 is 2.06 bits per heavy atom. The first-order valence-corrected chi connectivity index (χ1v) is 6.81. The van der Waals surface area contributed by atoms with Gasteiger partial charge in [-0.1, -0.05) is 11.6 Å². The highest BCUT2D eigenvalue weighted by Crippen LogP contribution is 2.78. The molecule has 0 aliphatic heterocycles. The molecule has 0 aromatic carbocycles. The first-order chi connectivity index (χ1) is 8.64. The fourth-order valence-corrected chi connectivity index (χ4v) is 4.53. The molecule has 0 aromatic rings. The number of hydrogen-bond donors (Lipinski definition) is 0. The minimum Gasteiger partial charge on any atom is -0.193 e. The molecular formula is C16H18N2. The number of nitriles is 2. The van der Waals surface area contributed by atoms with Gasteiger partial charge in [0.2, 0.25) is 0 Å². The SMILES string of the molecule is CC(C)=CCC[C@@]12C[C@H]3C[C@@H]1[C@@H]2C(C#N)=C3C#N. The summed E-state index contributed by atoms with van der Waals surface area (Å²) in [6.07, 6.45) is 6.95. The van der Waals surface area contributed by atoms with Gasteiger partial charge in [-0.2, -0.15) is 10.5 Å². The van der Waals surface area contributed by atoms with E-state index >= 15 is 0 Å². The molecule has 4 aliphatic rings. The summed E-state index contributed by atoms with van der Waals surface area (Å²) in [5.74, 6) is 1.53. The van der Waals surface area contributed by atoms with Crippen LogP contribution in [0.5, 0.6) is 0 Å². The molecule has 4 atom stereocenters. The van der Waals surface area contributed by atoms with Gasteiger partial charge in [-0.15, -0.1) is 0 Å². The molecule has 0 spiro atoms. The summed E-state index contributed by atoms with van der Waals surface area (Å²) in [5, 5.41) is 18.5. The van der Waals surface area contributed by atoms with E-state index in [2.05, 4.69) is 32.1 Å². The Morgan fingerprint density at radius 1 is 1.33 bits per heavy atom. The van der Waals surface area contributed by atoms with Crippen LogP contribution in [-0.2, 0) is 0 Å². The van der Waals surface area contributed by atoms with Crippen molar-refractivity contribution in [2.75, 3.05) is 0 Å². The third kappa shape index (κ3) is 1.33. The van der Waals surface area contributed by atoms with E-state index in [0.29, 0.717) is 23.2 Å². The van der Waals surface area contributed by atoms with Crippen LogP contribution in [0.3, 0.4) is 0 Å². The molecule has 0 N–H and O–H groups in total. The van der Waals surface area contributed by atoms with Gasteiger partial charge < -0.3 is 0 Å². The minimum absolute atomic E-state index is 0.391. The van der Waals surface area contributed by atoms with E-state index in [1.807, 2.05) is 0 Å². The number of hydrogen-bond acceptors (Lipinski definition) is 2. The molecule has 4 bridgehead atoms. The molecule has 4 aliphatic carbocycles. The van der Waals surface area contributed by atoms with Crippen LogP contribution in [0.25, 0.3) is 0 Å². The van der Waals surface area contributed by atoms with Crippen molar-refractivity contribution in [3.05, 3.63) is 22.8 Å². The van der Waals surface area contributed by atoms with Gasteiger partial charge >= 0.3 is 0 Å². The summed E-state index contributed by atoms with van der Waals surface area (Å²) in [6.45, 7) is 4.27. The maximum Gasteiger partial charge on any atom is 0.0960 e. The second-order valence-corrected chi connectivity index (χ2v) is 6.33. The summed E-state index contributed by atoms with van der Waals surface area (Å²) < 4.78 is 0. The van der Waals surface area contributed by atoms with Gasteiger partial charge in [0, 0.05) is 17.1 Å². The van der Waals surface area contributed by atoms with Crippen molar-refractivity contribution in [1.82, 2.24) is 0 Å². The summed E-state index contributed by atoms with van der Waals surface area (Å²) >= 11 is 0. The van der Waals surface area contributed by atoms with Crippen molar-refractivity contribution >= 4 is 0 Å². The van der Waals surface area contributed by atoms with E-state index in [1.165, 1.54) is 12.0 Å². The fourth-order valence-electron chi connectivity index (χ4n) is 4.53. The average molecular weight is 238 g/mol. The first kappa shape index (κ1) is 11.5. The summed E-state index contributed by atoms with van der Waals surface area (Å²) in [5.41, 5.74) is 3.42. The van der Waals surface area contributed by atoms with Crippen molar-refractivity contribution in [3.63, 3.8) is 0 Å². The van der Waals surface area contributed by atoms with Gasteiger partial charge in [-0.3, -0.25) is 0 Å². The largest absolute Gasteiger partial charge is 0.193 e. The van der Waals surface area contributed by atoms with Crippen LogP contribution in [0.15, 0.2) is 22.8 Å². The Kier molecular flexibility index (Phi) is 2.39. The lowest BCUT2D eigenvalue weighted by Crippen LogP contribution is -2.19. The Bertz CT molecular complexity index is 536. The van der Waals surface area contributed by atoms with Crippen molar-refractivity contribution in [2.24, 2.45) is 23.2 Å². The standard InChI is InChI=1S/C16H18N2/c1-10(2)4-3-5-16-7-11-6-14(16)15(16)13(9-18)12(11)8-17/h4,11,14-15H,3,5-7H2,1-2H3/t11-,14-,15+,16-/m1/s1. The molecule has 18 heavy (non-hydrogen) atoms. The van der Waals surface area contributed by atoms with E-state index in [1.54, 1.807) is 0 Å². The van der Waals surface area contributed by atoms with Crippen LogP contribution in [0.4, 0.5) is 0 Å². The lowest BCUT2D eigenvalue weighted by Gasteiger charge is -2.26. The highest BCUT2D eigenvalue weighted by atomic mass is 14.8. The molecule has 0 saturated heterocycles. The second kappa shape index (κ2) is 3.72. The fraction of sp³-hybridized carbons (Fsp3) is 0.625. The molecule has 0 aromatic heterocycles. The predicted molar refractivity (Wildman–Crippen MR) is 69.1 cm³/mol. The van der Waals surface area contributed by atoms with Crippen LogP contribution in [0.1, 0.15) is 39.5 Å². The van der Waals surface area contributed by atoms with Gasteiger partial charge in [-0.25, -0.2) is 0 Å². The summed E-state index contributed by atoms with van der Waals surface area (Å²) in [7, 11) is 0. The molecule has 0 heterocycles. The molecule has 2 fully saturated rings. The van der Waals surface area contributed by atoms with Crippen LogP contribution in [0.2, 0.25) is 0 Å². The molecule has 0 radical (unpaired) electrons. The third-order valence-electron chi connectivity index (χ3n) is 5.23. The normalized spacial score (nSPS) is 39.0. The van der Waals surface area contributed by atoms with Crippen LogP contribution in [-0.4, -0.2) is 0 Å². The Morgan fingerprint density at radius 3 is 2.67 bits per heavy atom. The van der Waals surface area contributed by atoms with Crippen molar-refractivity contribution in [1.29, 1.82) is 10.5 Å². The lowest BCUT2D eigenvalue weighted by molar-refractivity contribution is 0.370. The van der Waals surface area contributed by atoms with Crippen LogP contribution in [0, 0.1) is 45.8 Å². The lowest BCUT2D eigenvalue weighted by atomic mass is 9.76. The van der Waals surface area contributed by atoms with Crippen LogP contribution < -0.4 is 0 Å². The van der Waals surface area contributed by atoms with Crippen molar-refractivity contribution < 1.29 is 0 Å². The average Bonchev–Trinajstić information content (AvgIpc) is 2.82. The second-order valence-electron chi connectivity index (χ2n) is 6.33. The van der Waals surface area contributed by atoms with Gasteiger partial charge in [0.25, 0.3) is 0 Å². The van der Waals surface area contributed by atoms with Gasteiger partial charge in [-0.05, 0) is 56.8 Å². The van der Waals surface area contributed by atoms with Gasteiger partial charge in [0.15, 0.2) is 0 Å². The Hall–Kier alpha value is -1.54. The van der Waals surface area contributed by atoms with E-state index < -0.39 is 0 Å². The molecule has 0 unspecified atom stereocenters. The smallest absolute Gasteiger partial charge is 0.0960 e. The van der Waals surface area contributed by atoms with Crippen LogP contribution >= 0.6 is 0 Å². The maximum absolute atomic E-state index is 9.29. The molecule has 92 valence electrons. The summed E-state index contributed by atoms with van der Waals surface area (Å²) in [4.78, 5) is 0. The van der Waals surface area contributed by atoms with Gasteiger partial charge in [0.05, 0.1) is 12.1 Å². The zero-order valence-electron chi connectivity index (χ0n) is 11.0. The molecule has 2 nitrogen and oxygen atoms in total. The Labute approximate surface area is 109 Å². The number of rotatable bonds is 3. The minimum atomic E-state index is 0.391. The Balaban J connectivity index is 1.83. The quantitative estimate of drug-likeness (QED) is 0.703. The zero-order chi connectivity index (χ0) is 12.9. The monoisotopic (exact) mass is 238 g/mol. The third-order valence-corrected chi connectivity index (χ3v) is 5.23. The molecule has 2 saturated carbocycles. The zero-order valence-corrected chi connectivity index (χ0v) is 11.0. The first-order valence-electron chi connectivity index (χ1n) is 6.81. The topological polar surface area (TPSA) is 47.6 Å². The maximum atomic E-state index is 9.29. The van der Waals surface area contributed by atoms with E-state index in [-0.39, 0.29) is 0 Å². The van der Waals surface area contributed by atoms with Gasteiger partial charge in [0.1, 0.15) is 0 Å². The highest BCUT2D eigenvalue weighted by molar-refractivity contribution is 5.52. The molecule has 0 amide bonds. The predicted octanol–water partition coefficient (Wildman–Crippen LogP) is 3.73. The molecule has 4 rings (SSSR count). The van der Waals surface area contributed by atoms with E-state index in [9.17, 15) is 10.5 Å². The summed E-state index contributed by atoms with van der Waals surface area (Å²) in [6, 6.07) is 4.61. The van der Waals surface area contributed by atoms with Crippen molar-refractivity contribution in [2.45, 2.75) is 39.5 Å². The molecular weight excluding hydrogens is 220 g/mol. The number of allylic oxidation sites excluding steroid dienone is 4.